The van der Waals surface area contributed by atoms with Crippen LogP contribution in [0.25, 0.3) is 0 Å². The first kappa shape index (κ1) is 19.5. The molecule has 4 fully saturated rings. The van der Waals surface area contributed by atoms with Crippen LogP contribution in [0.15, 0.2) is 54.6 Å². The Bertz CT molecular complexity index is 870. The van der Waals surface area contributed by atoms with E-state index in [4.69, 9.17) is 9.84 Å². The fourth-order valence-corrected chi connectivity index (χ4v) is 5.75. The molecule has 0 aliphatic carbocycles. The third-order valence-electron chi connectivity index (χ3n) is 6.96. The zero-order valence-electron chi connectivity index (χ0n) is 17.2. The second kappa shape index (κ2) is 8.02. The molecule has 2 aromatic carbocycles. The van der Waals surface area contributed by atoms with Crippen molar-refractivity contribution >= 4 is 5.97 Å². The number of carboxylic acids is 1. The summed E-state index contributed by atoms with van der Waals surface area (Å²) in [6, 6.07) is 19.2. The molecule has 0 aromatic heterocycles. The zero-order valence-corrected chi connectivity index (χ0v) is 17.2. The van der Waals surface area contributed by atoms with E-state index < -0.39 is 5.97 Å². The monoisotopic (exact) mass is 407 g/mol. The van der Waals surface area contributed by atoms with Crippen LogP contribution in [-0.2, 0) is 16.8 Å². The molecule has 4 aliphatic heterocycles. The number of nitrogens with one attached hydrogen (secondary N) is 1. The maximum atomic E-state index is 10.7. The number of carbonyl (C=O) groups is 1. The molecule has 4 saturated heterocycles. The van der Waals surface area contributed by atoms with Gasteiger partial charge < -0.3 is 25.0 Å². The van der Waals surface area contributed by atoms with Crippen LogP contribution in [0.2, 0.25) is 0 Å². The lowest BCUT2D eigenvalue weighted by Crippen LogP contribution is -2.69. The van der Waals surface area contributed by atoms with Gasteiger partial charge >= 0.3 is 5.97 Å². The van der Waals surface area contributed by atoms with Crippen molar-refractivity contribution < 1.29 is 14.6 Å². The van der Waals surface area contributed by atoms with E-state index in [9.17, 15) is 4.79 Å². The predicted octanol–water partition coefficient (Wildman–Crippen LogP) is 1.81. The van der Waals surface area contributed by atoms with Gasteiger partial charge in [-0.05, 0) is 23.3 Å². The smallest absolute Gasteiger partial charge is 0.341 e. The maximum absolute atomic E-state index is 10.7. The first-order valence-corrected chi connectivity index (χ1v) is 10.8. The molecule has 2 N–H and O–H groups in total. The average molecular weight is 408 g/mol. The van der Waals surface area contributed by atoms with Crippen LogP contribution in [0, 0.1) is 5.92 Å². The van der Waals surface area contributed by atoms with Crippen molar-refractivity contribution in [2.24, 2.45) is 5.92 Å². The Morgan fingerprint density at radius 3 is 2.33 bits per heavy atom. The highest BCUT2D eigenvalue weighted by Gasteiger charge is 2.54. The van der Waals surface area contributed by atoms with Crippen LogP contribution in [0.1, 0.15) is 11.1 Å². The standard InChI is InChI=1S/C24H29N3O3/c28-22(29)15-30-21-8-6-18(7-9-21)12-25-23-19-13-26-10-11-27(14-19)17-24(23,16-26)20-4-2-1-3-5-20/h1-9,19,23,25H,10-17H2,(H,28,29). The molecule has 3 unspecified atom stereocenters. The average Bonchev–Trinajstić information content (AvgIpc) is 3.01. The van der Waals surface area contributed by atoms with Gasteiger partial charge in [0.15, 0.2) is 6.61 Å². The third-order valence-corrected chi connectivity index (χ3v) is 6.96. The van der Waals surface area contributed by atoms with E-state index in [1.165, 1.54) is 37.3 Å². The van der Waals surface area contributed by atoms with Crippen LogP contribution >= 0.6 is 0 Å². The molecule has 0 spiro atoms. The first-order valence-electron chi connectivity index (χ1n) is 10.8. The molecule has 2 aromatic rings. The predicted molar refractivity (Wildman–Crippen MR) is 115 cm³/mol. The molecule has 0 saturated carbocycles. The molecular formula is C24H29N3O3. The number of nitrogens with zero attached hydrogens (tertiary/aromatic N) is 2. The molecule has 0 amide bonds. The highest BCUT2D eigenvalue weighted by molar-refractivity contribution is 5.68. The van der Waals surface area contributed by atoms with Gasteiger partial charge in [-0.25, -0.2) is 4.79 Å². The molecule has 0 radical (unpaired) electrons. The Kier molecular flexibility index (Phi) is 5.23. The van der Waals surface area contributed by atoms with Gasteiger partial charge in [-0.1, -0.05) is 42.5 Å². The molecule has 6 nitrogen and oxygen atoms in total. The fraction of sp³-hybridized carbons (Fsp3) is 0.458. The molecule has 4 aliphatic rings. The van der Waals surface area contributed by atoms with Gasteiger partial charge in [0.2, 0.25) is 0 Å². The SMILES string of the molecule is O=C(O)COc1ccc(CNC2C3CN4CCN(C3)CC2(c2ccccc2)C4)cc1. The zero-order chi connectivity index (χ0) is 20.6. The van der Waals surface area contributed by atoms with Crippen LogP contribution in [0.5, 0.6) is 5.75 Å². The highest BCUT2D eigenvalue weighted by Crippen LogP contribution is 2.43. The largest absolute Gasteiger partial charge is 0.482 e. The molecule has 4 bridgehead atoms. The lowest BCUT2D eigenvalue weighted by molar-refractivity contribution is -0.139. The summed E-state index contributed by atoms with van der Waals surface area (Å²) < 4.78 is 5.25. The number of ether oxygens (including phenoxy) is 1. The number of carboxylic acid groups (broad SMARTS) is 1. The minimum absolute atomic E-state index is 0.115. The van der Waals surface area contributed by atoms with Crippen molar-refractivity contribution in [3.8, 4) is 5.75 Å². The number of rotatable bonds is 7. The molecule has 4 heterocycles. The Balaban J connectivity index is 1.35. The Hall–Kier alpha value is -2.41. The number of benzene rings is 2. The minimum atomic E-state index is -0.962. The summed E-state index contributed by atoms with van der Waals surface area (Å²) in [4.78, 5) is 16.0. The summed E-state index contributed by atoms with van der Waals surface area (Å²) in [6.07, 6.45) is 0. The van der Waals surface area contributed by atoms with Crippen LogP contribution in [-0.4, -0.2) is 72.8 Å². The van der Waals surface area contributed by atoms with Gasteiger partial charge in [-0.2, -0.15) is 0 Å². The lowest BCUT2D eigenvalue weighted by atomic mass is 9.64. The summed E-state index contributed by atoms with van der Waals surface area (Å²) in [5.74, 6) is 0.248. The normalized spacial score (nSPS) is 32.0. The molecule has 6 rings (SSSR count). The quantitative estimate of drug-likeness (QED) is 0.730. The lowest BCUT2D eigenvalue weighted by Gasteiger charge is -2.56. The first-order chi connectivity index (χ1) is 14.6. The number of hydrogen-bond donors (Lipinski definition) is 2. The summed E-state index contributed by atoms with van der Waals surface area (Å²) in [5.41, 5.74) is 2.75. The van der Waals surface area contributed by atoms with Crippen LogP contribution in [0.3, 0.4) is 0 Å². The van der Waals surface area contributed by atoms with Crippen molar-refractivity contribution in [2.75, 3.05) is 45.9 Å². The van der Waals surface area contributed by atoms with Gasteiger partial charge in [0, 0.05) is 63.2 Å². The van der Waals surface area contributed by atoms with E-state index in [2.05, 4.69) is 45.4 Å². The number of fused-ring (bicyclic) bond motifs is 1. The highest BCUT2D eigenvalue weighted by atomic mass is 16.5. The van der Waals surface area contributed by atoms with Crippen molar-refractivity contribution in [1.82, 2.24) is 15.1 Å². The topological polar surface area (TPSA) is 65.0 Å². The van der Waals surface area contributed by atoms with Crippen molar-refractivity contribution in [3.05, 3.63) is 65.7 Å². The van der Waals surface area contributed by atoms with Gasteiger partial charge in [-0.15, -0.1) is 0 Å². The minimum Gasteiger partial charge on any atom is -0.482 e. The molecule has 6 heteroatoms. The van der Waals surface area contributed by atoms with E-state index in [-0.39, 0.29) is 12.0 Å². The molecule has 30 heavy (non-hydrogen) atoms. The maximum Gasteiger partial charge on any atom is 0.341 e. The van der Waals surface area contributed by atoms with E-state index in [1.54, 1.807) is 0 Å². The fourth-order valence-electron chi connectivity index (χ4n) is 5.75. The third kappa shape index (κ3) is 3.71. The molecule has 158 valence electrons. The second-order valence-electron chi connectivity index (χ2n) is 8.94. The summed E-state index contributed by atoms with van der Waals surface area (Å²) in [5, 5.41) is 12.7. The van der Waals surface area contributed by atoms with Gasteiger partial charge in [0.05, 0.1) is 0 Å². The molecular weight excluding hydrogens is 378 g/mol. The molecule has 3 atom stereocenters. The Morgan fingerprint density at radius 1 is 1.03 bits per heavy atom. The number of hydrogen-bond acceptors (Lipinski definition) is 5. The van der Waals surface area contributed by atoms with Crippen molar-refractivity contribution in [3.63, 3.8) is 0 Å². The van der Waals surface area contributed by atoms with Crippen LogP contribution < -0.4 is 10.1 Å². The van der Waals surface area contributed by atoms with E-state index >= 15 is 0 Å². The van der Waals surface area contributed by atoms with Gasteiger partial charge in [0.25, 0.3) is 0 Å². The second-order valence-corrected chi connectivity index (χ2v) is 8.94. The van der Waals surface area contributed by atoms with Crippen molar-refractivity contribution in [1.29, 1.82) is 0 Å². The Labute approximate surface area is 177 Å². The number of piperidine rings is 2. The Morgan fingerprint density at radius 2 is 1.70 bits per heavy atom. The van der Waals surface area contributed by atoms with Crippen LogP contribution in [0.4, 0.5) is 0 Å². The van der Waals surface area contributed by atoms with E-state index in [0.717, 1.165) is 19.6 Å². The van der Waals surface area contributed by atoms with Crippen molar-refractivity contribution in [2.45, 2.75) is 18.0 Å². The number of aliphatic carboxylic acids is 1. The van der Waals surface area contributed by atoms with Gasteiger partial charge in [-0.3, -0.25) is 0 Å². The van der Waals surface area contributed by atoms with E-state index in [1.807, 2.05) is 24.3 Å². The van der Waals surface area contributed by atoms with Gasteiger partial charge in [0.1, 0.15) is 5.75 Å². The summed E-state index contributed by atoms with van der Waals surface area (Å²) >= 11 is 0. The summed E-state index contributed by atoms with van der Waals surface area (Å²) in [6.45, 7) is 7.41. The van der Waals surface area contributed by atoms with E-state index in [0.29, 0.717) is 17.7 Å². The summed E-state index contributed by atoms with van der Waals surface area (Å²) in [7, 11) is 0.